The van der Waals surface area contributed by atoms with Crippen LogP contribution in [0.2, 0.25) is 0 Å². The van der Waals surface area contributed by atoms with E-state index in [1.807, 2.05) is 0 Å². The summed E-state index contributed by atoms with van der Waals surface area (Å²) in [4.78, 5) is 27.2. The zero-order valence-electron chi connectivity index (χ0n) is 18.6. The van der Waals surface area contributed by atoms with E-state index in [0.29, 0.717) is 17.0 Å². The molecule has 3 aromatic rings. The topological polar surface area (TPSA) is 116 Å². The molecule has 3 aromatic carbocycles. The molecule has 9 nitrogen and oxygen atoms in total. The number of carbonyl (C=O) groups excluding carboxylic acids is 2. The van der Waals surface area contributed by atoms with Gasteiger partial charge in [-0.3, -0.25) is 14.8 Å². The Labute approximate surface area is 201 Å². The van der Waals surface area contributed by atoms with Crippen molar-refractivity contribution in [3.8, 4) is 5.75 Å². The van der Waals surface area contributed by atoms with Crippen molar-refractivity contribution in [3.63, 3.8) is 0 Å². The molecule has 0 fully saturated rings. The molecule has 1 unspecified atom stereocenters. The minimum absolute atomic E-state index is 0.111. The number of methoxy groups -OCH3 is 1. The van der Waals surface area contributed by atoms with Crippen LogP contribution in [0.3, 0.4) is 0 Å². The molecule has 0 bridgehead atoms. The van der Waals surface area contributed by atoms with Crippen molar-refractivity contribution in [3.05, 3.63) is 89.7 Å². The van der Waals surface area contributed by atoms with Crippen molar-refractivity contribution >= 4 is 27.5 Å². The van der Waals surface area contributed by atoms with Gasteiger partial charge in [0.25, 0.3) is 11.8 Å². The maximum atomic E-state index is 14.5. The standard InChI is InChI=1S/C24H22FN3O6S/c1-34-17-10-12-18(13-11-17)35(32,33)28-14-16-6-2-5-9-21(16)27(15-22(28)23(29)26-31)24(30)19-7-3-4-8-20(19)25/h2-13,22,31H,14-15H2,1H3,(H,26,29). The Kier molecular flexibility index (Phi) is 6.83. The van der Waals surface area contributed by atoms with E-state index in [1.54, 1.807) is 24.3 Å². The summed E-state index contributed by atoms with van der Waals surface area (Å²) in [6, 6.07) is 16.0. The van der Waals surface area contributed by atoms with Crippen molar-refractivity contribution in [2.75, 3.05) is 18.6 Å². The van der Waals surface area contributed by atoms with Gasteiger partial charge >= 0.3 is 0 Å². The molecule has 0 radical (unpaired) electrons. The van der Waals surface area contributed by atoms with Gasteiger partial charge in [0.05, 0.1) is 24.1 Å². The molecule has 0 aliphatic carbocycles. The number of rotatable bonds is 5. The van der Waals surface area contributed by atoms with Crippen LogP contribution >= 0.6 is 0 Å². The highest BCUT2D eigenvalue weighted by molar-refractivity contribution is 7.89. The van der Waals surface area contributed by atoms with Crippen LogP contribution in [-0.2, 0) is 21.4 Å². The molecule has 1 aliphatic rings. The first-order valence-corrected chi connectivity index (χ1v) is 12.0. The molecule has 0 saturated heterocycles. The molecule has 4 rings (SSSR count). The number of anilines is 1. The number of carbonyl (C=O) groups is 2. The zero-order valence-corrected chi connectivity index (χ0v) is 19.4. The minimum atomic E-state index is -4.29. The van der Waals surface area contributed by atoms with Gasteiger partial charge < -0.3 is 9.64 Å². The predicted octanol–water partition coefficient (Wildman–Crippen LogP) is 2.56. The number of hydrogen-bond acceptors (Lipinski definition) is 6. The van der Waals surface area contributed by atoms with Crippen LogP contribution < -0.4 is 15.1 Å². The molecule has 35 heavy (non-hydrogen) atoms. The fraction of sp³-hybridized carbons (Fsp3) is 0.167. The van der Waals surface area contributed by atoms with Crippen LogP contribution in [0, 0.1) is 5.82 Å². The predicted molar refractivity (Wildman–Crippen MR) is 124 cm³/mol. The summed E-state index contributed by atoms with van der Waals surface area (Å²) in [5.41, 5.74) is 2.00. The van der Waals surface area contributed by atoms with Crippen LogP contribution in [0.5, 0.6) is 5.75 Å². The summed E-state index contributed by atoms with van der Waals surface area (Å²) in [5.74, 6) is -2.11. The molecule has 1 aliphatic heterocycles. The largest absolute Gasteiger partial charge is 0.497 e. The molecule has 2 N–H and O–H groups in total. The van der Waals surface area contributed by atoms with Gasteiger partial charge in [-0.15, -0.1) is 0 Å². The number of halogens is 1. The van der Waals surface area contributed by atoms with E-state index in [0.717, 1.165) is 15.3 Å². The third kappa shape index (κ3) is 4.61. The Hall–Kier alpha value is -3.80. The molecule has 1 atom stereocenters. The number of hydrogen-bond donors (Lipinski definition) is 2. The van der Waals surface area contributed by atoms with E-state index in [1.165, 1.54) is 55.1 Å². The first kappa shape index (κ1) is 24.3. The number of hydroxylamine groups is 1. The monoisotopic (exact) mass is 499 g/mol. The number of fused-ring (bicyclic) bond motifs is 1. The van der Waals surface area contributed by atoms with E-state index in [-0.39, 0.29) is 17.0 Å². The molecular formula is C24H22FN3O6S. The van der Waals surface area contributed by atoms with Crippen molar-refractivity contribution in [1.29, 1.82) is 0 Å². The quantitative estimate of drug-likeness (QED) is 0.412. The van der Waals surface area contributed by atoms with Crippen LogP contribution in [0.25, 0.3) is 0 Å². The van der Waals surface area contributed by atoms with E-state index in [9.17, 15) is 27.6 Å². The number of nitrogens with zero attached hydrogens (tertiary/aromatic N) is 2. The summed E-state index contributed by atoms with van der Waals surface area (Å²) in [6.07, 6.45) is 0. The minimum Gasteiger partial charge on any atom is -0.497 e. The second-order valence-corrected chi connectivity index (χ2v) is 9.63. The van der Waals surface area contributed by atoms with Crippen molar-refractivity contribution < 1.29 is 32.3 Å². The average Bonchev–Trinajstić information content (AvgIpc) is 3.06. The van der Waals surface area contributed by atoms with Gasteiger partial charge in [0.2, 0.25) is 10.0 Å². The Balaban J connectivity index is 1.84. The van der Waals surface area contributed by atoms with Crippen molar-refractivity contribution in [2.45, 2.75) is 17.5 Å². The molecule has 11 heteroatoms. The SMILES string of the molecule is COc1ccc(S(=O)(=O)N2Cc3ccccc3N(C(=O)c3ccccc3F)CC2C(=O)NO)cc1. The normalized spacial score (nSPS) is 16.2. The Morgan fingerprint density at radius 3 is 2.34 bits per heavy atom. The van der Waals surface area contributed by atoms with E-state index in [4.69, 9.17) is 4.74 Å². The number of benzene rings is 3. The average molecular weight is 500 g/mol. The Morgan fingerprint density at radius 2 is 1.69 bits per heavy atom. The summed E-state index contributed by atoms with van der Waals surface area (Å²) < 4.78 is 47.7. The highest BCUT2D eigenvalue weighted by Crippen LogP contribution is 2.32. The maximum absolute atomic E-state index is 14.5. The van der Waals surface area contributed by atoms with Crippen LogP contribution in [0.15, 0.2) is 77.7 Å². The van der Waals surface area contributed by atoms with Gasteiger partial charge in [-0.1, -0.05) is 30.3 Å². The number of sulfonamides is 1. The summed E-state index contributed by atoms with van der Waals surface area (Å²) in [5, 5.41) is 9.40. The van der Waals surface area contributed by atoms with Crippen LogP contribution in [-0.4, -0.2) is 49.4 Å². The maximum Gasteiger partial charge on any atom is 0.263 e. The summed E-state index contributed by atoms with van der Waals surface area (Å²) in [6.45, 7) is -0.740. The summed E-state index contributed by atoms with van der Waals surface area (Å²) in [7, 11) is -2.84. The number of ether oxygens (including phenoxy) is 1. The number of amides is 2. The second kappa shape index (κ2) is 9.82. The molecular weight excluding hydrogens is 477 g/mol. The lowest BCUT2D eigenvalue weighted by Crippen LogP contribution is -2.53. The third-order valence-corrected chi connectivity index (χ3v) is 7.61. The molecule has 0 spiro atoms. The van der Waals surface area contributed by atoms with E-state index < -0.39 is 40.2 Å². The van der Waals surface area contributed by atoms with Crippen molar-refractivity contribution in [2.24, 2.45) is 0 Å². The first-order valence-electron chi connectivity index (χ1n) is 10.5. The van der Waals surface area contributed by atoms with E-state index >= 15 is 0 Å². The van der Waals surface area contributed by atoms with Gasteiger partial charge in [-0.25, -0.2) is 18.3 Å². The fourth-order valence-electron chi connectivity index (χ4n) is 3.94. The van der Waals surface area contributed by atoms with Gasteiger partial charge in [0.1, 0.15) is 17.6 Å². The Bertz CT molecular complexity index is 1360. The third-order valence-electron chi connectivity index (χ3n) is 5.74. The lowest BCUT2D eigenvalue weighted by atomic mass is 10.1. The van der Waals surface area contributed by atoms with Gasteiger partial charge in [-0.2, -0.15) is 4.31 Å². The van der Waals surface area contributed by atoms with Crippen molar-refractivity contribution in [1.82, 2.24) is 9.79 Å². The second-order valence-electron chi connectivity index (χ2n) is 7.74. The number of nitrogens with one attached hydrogen (secondary N) is 1. The highest BCUT2D eigenvalue weighted by atomic mass is 32.2. The Morgan fingerprint density at radius 1 is 1.03 bits per heavy atom. The lowest BCUT2D eigenvalue weighted by molar-refractivity contribution is -0.133. The molecule has 1 heterocycles. The van der Waals surface area contributed by atoms with Gasteiger partial charge in [0.15, 0.2) is 0 Å². The smallest absolute Gasteiger partial charge is 0.263 e. The highest BCUT2D eigenvalue weighted by Gasteiger charge is 2.41. The van der Waals surface area contributed by atoms with Gasteiger partial charge in [-0.05, 0) is 48.0 Å². The summed E-state index contributed by atoms with van der Waals surface area (Å²) >= 11 is 0. The molecule has 2 amide bonds. The van der Waals surface area contributed by atoms with Crippen LogP contribution in [0.4, 0.5) is 10.1 Å². The van der Waals surface area contributed by atoms with Gasteiger partial charge in [0, 0.05) is 12.2 Å². The lowest BCUT2D eigenvalue weighted by Gasteiger charge is -2.29. The van der Waals surface area contributed by atoms with Crippen LogP contribution in [0.1, 0.15) is 15.9 Å². The first-order chi connectivity index (χ1) is 16.8. The molecule has 0 aromatic heterocycles. The molecule has 182 valence electrons. The van der Waals surface area contributed by atoms with E-state index in [2.05, 4.69) is 0 Å². The molecule has 0 saturated carbocycles. The fourth-order valence-corrected chi connectivity index (χ4v) is 5.50. The zero-order chi connectivity index (χ0) is 25.2. The number of para-hydroxylation sites is 1.